The van der Waals surface area contributed by atoms with Crippen LogP contribution in [0, 0.1) is 45.3 Å². The molecule has 0 fully saturated rings. The Balaban J connectivity index is 0.00000256. The molecule has 0 saturated heterocycles. The summed E-state index contributed by atoms with van der Waals surface area (Å²) in [6.45, 7) is 0. The largest absolute Gasteiger partial charge is 0.287 e. The third-order valence-corrected chi connectivity index (χ3v) is 1.86. The van der Waals surface area contributed by atoms with Crippen LogP contribution in [0.1, 0.15) is 0 Å². The molecule has 0 aromatic carbocycles. The predicted octanol–water partition coefficient (Wildman–Crippen LogP) is -0.177. The number of rotatable bonds is 0. The number of nitrogens with zero attached hydrogens (tertiary/aromatic N) is 4. The molecule has 0 N–H and O–H groups in total. The molecule has 1 aliphatic carbocycles. The van der Waals surface area contributed by atoms with Gasteiger partial charge >= 0.3 is 0 Å². The third kappa shape index (κ3) is 1.98. The van der Waals surface area contributed by atoms with Crippen molar-refractivity contribution < 1.29 is 26.7 Å². The second kappa shape index (κ2) is 5.40. The molecule has 0 aliphatic heterocycles. The standard InChI is InChI=1S/C10N4O2.Cu/c11-1-5-6(2-12)10(16)8(4-14)7(3-13)9(5)15;. The minimum atomic E-state index is -1.06. The predicted molar refractivity (Wildman–Crippen MR) is 46.5 cm³/mol. The average molecular weight is 272 g/mol. The zero-order valence-electron chi connectivity index (χ0n) is 7.91. The van der Waals surface area contributed by atoms with Crippen molar-refractivity contribution in [1.82, 2.24) is 0 Å². The summed E-state index contributed by atoms with van der Waals surface area (Å²) in [7, 11) is 0. The van der Waals surface area contributed by atoms with E-state index in [1.54, 1.807) is 0 Å². The Hall–Kier alpha value is -2.70. The molecule has 0 atom stereocenters. The van der Waals surface area contributed by atoms with Crippen LogP contribution in [0.4, 0.5) is 0 Å². The van der Waals surface area contributed by atoms with Crippen molar-refractivity contribution in [1.29, 1.82) is 21.0 Å². The Morgan fingerprint density at radius 3 is 0.882 bits per heavy atom. The minimum Gasteiger partial charge on any atom is -0.287 e. The number of carbonyl (C=O) groups is 2. The number of ketones is 2. The van der Waals surface area contributed by atoms with Crippen LogP contribution in [0.25, 0.3) is 0 Å². The van der Waals surface area contributed by atoms with E-state index < -0.39 is 33.9 Å². The summed E-state index contributed by atoms with van der Waals surface area (Å²) in [5.41, 5.74) is -2.77. The van der Waals surface area contributed by atoms with E-state index in [2.05, 4.69) is 0 Å². The van der Waals surface area contributed by atoms with Gasteiger partial charge in [0, 0.05) is 17.1 Å². The van der Waals surface area contributed by atoms with Crippen molar-refractivity contribution in [2.24, 2.45) is 0 Å². The number of carbonyl (C=O) groups excluding carboxylic acids is 2. The van der Waals surface area contributed by atoms with E-state index in [4.69, 9.17) is 21.0 Å². The molecule has 0 saturated carbocycles. The Labute approximate surface area is 106 Å². The number of Topliss-reactive ketones (excluding diaryl/α,β-unsaturated/α-hetero) is 2. The first kappa shape index (κ1) is 14.3. The number of hydrogen-bond donors (Lipinski definition) is 0. The van der Waals surface area contributed by atoms with Crippen LogP contribution in [-0.2, 0) is 26.7 Å². The van der Waals surface area contributed by atoms with E-state index in [-0.39, 0.29) is 17.1 Å². The van der Waals surface area contributed by atoms with Gasteiger partial charge in [-0.15, -0.1) is 0 Å². The summed E-state index contributed by atoms with van der Waals surface area (Å²) in [5, 5.41) is 34.4. The van der Waals surface area contributed by atoms with Crippen LogP contribution < -0.4 is 0 Å². The molecular formula is C10CuN4O2. The summed E-state index contributed by atoms with van der Waals surface area (Å²) in [6, 6.07) is 5.54. The average Bonchev–Trinajstić information content (AvgIpc) is 2.30. The van der Waals surface area contributed by atoms with Crippen molar-refractivity contribution in [2.45, 2.75) is 0 Å². The summed E-state index contributed by atoms with van der Waals surface area (Å²) < 4.78 is 0. The summed E-state index contributed by atoms with van der Waals surface area (Å²) in [5.74, 6) is -2.12. The summed E-state index contributed by atoms with van der Waals surface area (Å²) in [6.07, 6.45) is 0. The molecule has 6 nitrogen and oxygen atoms in total. The monoisotopic (exact) mass is 271 g/mol. The molecule has 1 radical (unpaired) electrons. The summed E-state index contributed by atoms with van der Waals surface area (Å²) in [4.78, 5) is 22.9. The van der Waals surface area contributed by atoms with Crippen molar-refractivity contribution >= 4 is 11.6 Å². The van der Waals surface area contributed by atoms with Gasteiger partial charge in [-0.2, -0.15) is 21.0 Å². The van der Waals surface area contributed by atoms with Gasteiger partial charge in [-0.3, -0.25) is 9.59 Å². The van der Waals surface area contributed by atoms with Gasteiger partial charge in [0.25, 0.3) is 0 Å². The molecule has 0 unspecified atom stereocenters. The maximum atomic E-state index is 11.5. The molecule has 0 heterocycles. The molecule has 0 amide bonds. The number of nitriles is 4. The fraction of sp³-hybridized carbons (Fsp3) is 0. The van der Waals surface area contributed by atoms with Crippen LogP contribution in [-0.4, -0.2) is 11.6 Å². The van der Waals surface area contributed by atoms with E-state index >= 15 is 0 Å². The van der Waals surface area contributed by atoms with E-state index in [0.717, 1.165) is 0 Å². The zero-order chi connectivity index (χ0) is 12.3. The third-order valence-electron chi connectivity index (χ3n) is 1.86. The first-order valence-electron chi connectivity index (χ1n) is 3.80. The fourth-order valence-electron chi connectivity index (χ4n) is 1.13. The first-order chi connectivity index (χ1) is 7.62. The molecule has 83 valence electrons. The van der Waals surface area contributed by atoms with Crippen LogP contribution in [0.15, 0.2) is 22.3 Å². The van der Waals surface area contributed by atoms with Crippen LogP contribution >= 0.6 is 0 Å². The van der Waals surface area contributed by atoms with Crippen molar-refractivity contribution in [3.05, 3.63) is 22.3 Å². The Morgan fingerprint density at radius 2 is 0.765 bits per heavy atom. The van der Waals surface area contributed by atoms with Gasteiger partial charge in [-0.1, -0.05) is 0 Å². The molecule has 17 heavy (non-hydrogen) atoms. The Morgan fingerprint density at radius 1 is 0.588 bits per heavy atom. The number of hydrogen-bond acceptors (Lipinski definition) is 6. The second-order valence-electron chi connectivity index (χ2n) is 2.61. The van der Waals surface area contributed by atoms with Gasteiger partial charge in [0.05, 0.1) is 0 Å². The van der Waals surface area contributed by atoms with Crippen molar-refractivity contribution in [3.8, 4) is 24.3 Å². The number of allylic oxidation sites excluding steroid dienone is 4. The molecule has 0 aromatic heterocycles. The van der Waals surface area contributed by atoms with Gasteiger partial charge in [-0.05, 0) is 0 Å². The van der Waals surface area contributed by atoms with Crippen LogP contribution in [0.3, 0.4) is 0 Å². The van der Waals surface area contributed by atoms with E-state index in [9.17, 15) is 9.59 Å². The van der Waals surface area contributed by atoms with Crippen LogP contribution in [0.5, 0.6) is 0 Å². The van der Waals surface area contributed by atoms with Gasteiger partial charge in [-0.25, -0.2) is 0 Å². The van der Waals surface area contributed by atoms with Gasteiger partial charge in [0.15, 0.2) is 0 Å². The topological polar surface area (TPSA) is 129 Å². The van der Waals surface area contributed by atoms with Crippen LogP contribution in [0.2, 0.25) is 0 Å². The first-order valence-corrected chi connectivity index (χ1v) is 3.80. The molecule has 0 aromatic rings. The van der Waals surface area contributed by atoms with Crippen molar-refractivity contribution in [3.63, 3.8) is 0 Å². The molecule has 0 spiro atoms. The zero-order valence-corrected chi connectivity index (χ0v) is 8.85. The van der Waals surface area contributed by atoms with Crippen molar-refractivity contribution in [2.75, 3.05) is 0 Å². The van der Waals surface area contributed by atoms with E-state index in [0.29, 0.717) is 0 Å². The van der Waals surface area contributed by atoms with E-state index in [1.807, 2.05) is 0 Å². The molecule has 1 rings (SSSR count). The molecular weight excluding hydrogens is 272 g/mol. The molecule has 7 heteroatoms. The SMILES string of the molecule is N#CC1=C(C#N)C(=O)C(C#N)=C(C#N)C1=O.[Cu]. The smallest absolute Gasteiger partial charge is 0.217 e. The van der Waals surface area contributed by atoms with Gasteiger partial charge in [0.1, 0.15) is 46.6 Å². The fourth-order valence-corrected chi connectivity index (χ4v) is 1.13. The maximum Gasteiger partial charge on any atom is 0.217 e. The Bertz CT molecular complexity index is 534. The van der Waals surface area contributed by atoms with Gasteiger partial charge < -0.3 is 0 Å². The quantitative estimate of drug-likeness (QED) is 0.444. The minimum absolute atomic E-state index is 0. The molecule has 1 aliphatic rings. The molecule has 0 bridgehead atoms. The normalized spacial score (nSPS) is 14.1. The maximum absolute atomic E-state index is 11.5. The Kier molecular flexibility index (Phi) is 4.54. The van der Waals surface area contributed by atoms with Gasteiger partial charge in [0.2, 0.25) is 11.6 Å². The van der Waals surface area contributed by atoms with E-state index in [1.165, 1.54) is 24.3 Å². The summed E-state index contributed by atoms with van der Waals surface area (Å²) >= 11 is 0. The second-order valence-corrected chi connectivity index (χ2v) is 2.61.